The summed E-state index contributed by atoms with van der Waals surface area (Å²) in [6, 6.07) is 3.98. The van der Waals surface area contributed by atoms with Crippen LogP contribution in [0.2, 0.25) is 18.1 Å². The van der Waals surface area contributed by atoms with Crippen LogP contribution in [0.15, 0.2) is 12.1 Å². The van der Waals surface area contributed by atoms with Gasteiger partial charge < -0.3 is 4.43 Å². The van der Waals surface area contributed by atoms with Gasteiger partial charge in [0.1, 0.15) is 5.75 Å². The summed E-state index contributed by atoms with van der Waals surface area (Å²) in [6.45, 7) is 16.7. The van der Waals surface area contributed by atoms with Crippen LogP contribution >= 0.6 is 0 Å². The van der Waals surface area contributed by atoms with Gasteiger partial charge in [-0.15, -0.1) is 0 Å². The molecule has 1 aromatic carbocycles. The molecule has 0 aliphatic carbocycles. The maximum absolute atomic E-state index is 11.6. The van der Waals surface area contributed by atoms with Crippen LogP contribution < -0.4 is 4.43 Å². The van der Waals surface area contributed by atoms with E-state index in [-0.39, 0.29) is 10.8 Å². The minimum atomic E-state index is -1.82. The Balaban J connectivity index is 3.16. The molecular weight excluding hydrogens is 252 g/mol. The average molecular weight is 278 g/mol. The van der Waals surface area contributed by atoms with E-state index in [0.717, 1.165) is 22.4 Å². The zero-order valence-corrected chi connectivity index (χ0v) is 14.5. The smallest absolute Gasteiger partial charge is 0.250 e. The maximum atomic E-state index is 11.6. The first-order valence-corrected chi connectivity index (χ1v) is 9.68. The van der Waals surface area contributed by atoms with Gasteiger partial charge in [-0.2, -0.15) is 0 Å². The first-order valence-electron chi connectivity index (χ1n) is 6.77. The molecule has 0 aliphatic heterocycles. The van der Waals surface area contributed by atoms with Gasteiger partial charge in [0.25, 0.3) is 0 Å². The van der Waals surface area contributed by atoms with Crippen LogP contribution in [-0.2, 0) is 0 Å². The summed E-state index contributed by atoms with van der Waals surface area (Å²) in [4.78, 5) is 11.6. The van der Waals surface area contributed by atoms with Gasteiger partial charge in [-0.05, 0) is 62.2 Å². The molecule has 0 heterocycles. The quantitative estimate of drug-likeness (QED) is 0.581. The molecule has 2 nitrogen and oxygen atoms in total. The largest absolute Gasteiger partial charge is 0.543 e. The van der Waals surface area contributed by atoms with Gasteiger partial charge in [-0.25, -0.2) is 0 Å². The normalized spacial score (nSPS) is 12.4. The van der Waals surface area contributed by atoms with Gasteiger partial charge in [0.2, 0.25) is 8.32 Å². The molecule has 0 amide bonds. The van der Waals surface area contributed by atoms with E-state index in [1.165, 1.54) is 0 Å². The van der Waals surface area contributed by atoms with Crippen molar-refractivity contribution in [2.45, 2.75) is 59.7 Å². The third kappa shape index (κ3) is 3.47. The van der Waals surface area contributed by atoms with Crippen LogP contribution in [0.4, 0.5) is 0 Å². The zero-order chi connectivity index (χ0) is 15.0. The molecule has 0 aliphatic rings. The van der Waals surface area contributed by atoms with E-state index in [1.54, 1.807) is 6.92 Å². The minimum Gasteiger partial charge on any atom is -0.543 e. The van der Waals surface area contributed by atoms with Crippen molar-refractivity contribution in [3.05, 3.63) is 28.8 Å². The molecule has 0 saturated carbocycles. The van der Waals surface area contributed by atoms with E-state index < -0.39 is 8.32 Å². The van der Waals surface area contributed by atoms with Gasteiger partial charge >= 0.3 is 0 Å². The Labute approximate surface area is 118 Å². The summed E-state index contributed by atoms with van der Waals surface area (Å²) in [5.74, 6) is 1.01. The Morgan fingerprint density at radius 1 is 1.11 bits per heavy atom. The Morgan fingerprint density at radius 3 is 1.84 bits per heavy atom. The summed E-state index contributed by atoms with van der Waals surface area (Å²) in [5.41, 5.74) is 2.82. The first kappa shape index (κ1) is 16.0. The predicted octanol–water partition coefficient (Wildman–Crippen LogP) is 4.89. The highest BCUT2D eigenvalue weighted by Gasteiger charge is 2.39. The van der Waals surface area contributed by atoms with Gasteiger partial charge in [0.05, 0.1) is 0 Å². The fourth-order valence-corrected chi connectivity index (χ4v) is 3.00. The topological polar surface area (TPSA) is 26.3 Å². The Bertz CT molecular complexity index is 473. The fraction of sp³-hybridized carbons (Fsp3) is 0.562. The van der Waals surface area contributed by atoms with Crippen molar-refractivity contribution in [3.63, 3.8) is 0 Å². The van der Waals surface area contributed by atoms with Crippen molar-refractivity contribution in [1.29, 1.82) is 0 Å². The van der Waals surface area contributed by atoms with Crippen molar-refractivity contribution in [2.24, 2.45) is 0 Å². The highest BCUT2D eigenvalue weighted by atomic mass is 28.4. The molecule has 19 heavy (non-hydrogen) atoms. The number of hydrogen-bond acceptors (Lipinski definition) is 2. The standard InChI is InChI=1S/C16H26O2Si/c1-11-9-14(10-12(2)15(11)13(3)17)18-19(7,8)16(4,5)6/h9-10H,1-8H3. The molecule has 0 bridgehead atoms. The van der Waals surface area contributed by atoms with E-state index in [9.17, 15) is 4.79 Å². The number of Topliss-reactive ketones (excluding diaryl/α,β-unsaturated/α-hetero) is 1. The Hall–Kier alpha value is -1.09. The van der Waals surface area contributed by atoms with Gasteiger partial charge in [-0.3, -0.25) is 4.79 Å². The molecular formula is C16H26O2Si. The number of benzene rings is 1. The number of carbonyl (C=O) groups is 1. The lowest BCUT2D eigenvalue weighted by atomic mass is 9.99. The van der Waals surface area contributed by atoms with Gasteiger partial charge in [0.15, 0.2) is 5.78 Å². The molecule has 1 rings (SSSR count). The molecule has 1 aromatic rings. The second-order valence-corrected chi connectivity index (χ2v) is 11.6. The average Bonchev–Trinajstić information content (AvgIpc) is 2.12. The van der Waals surface area contributed by atoms with Crippen LogP contribution in [0.5, 0.6) is 5.75 Å². The zero-order valence-electron chi connectivity index (χ0n) is 13.5. The summed E-state index contributed by atoms with van der Waals surface area (Å²) in [6.07, 6.45) is 0. The maximum Gasteiger partial charge on any atom is 0.250 e. The molecule has 0 aromatic heterocycles. The summed E-state index contributed by atoms with van der Waals surface area (Å²) < 4.78 is 6.29. The minimum absolute atomic E-state index is 0.119. The monoisotopic (exact) mass is 278 g/mol. The van der Waals surface area contributed by atoms with Crippen LogP contribution in [0.1, 0.15) is 49.2 Å². The third-order valence-electron chi connectivity index (χ3n) is 4.04. The second-order valence-electron chi connectivity index (χ2n) is 6.85. The van der Waals surface area contributed by atoms with Gasteiger partial charge in [0, 0.05) is 5.56 Å². The van der Waals surface area contributed by atoms with Crippen LogP contribution in [0.3, 0.4) is 0 Å². The first-order chi connectivity index (χ1) is 8.45. The van der Waals surface area contributed by atoms with Crippen molar-refractivity contribution < 1.29 is 9.22 Å². The lowest BCUT2D eigenvalue weighted by molar-refractivity contribution is 0.101. The van der Waals surface area contributed by atoms with Crippen LogP contribution in [0, 0.1) is 13.8 Å². The molecule has 0 fully saturated rings. The highest BCUT2D eigenvalue weighted by molar-refractivity contribution is 6.74. The van der Waals surface area contributed by atoms with E-state index >= 15 is 0 Å². The van der Waals surface area contributed by atoms with E-state index in [4.69, 9.17) is 4.43 Å². The van der Waals surface area contributed by atoms with Crippen molar-refractivity contribution in [3.8, 4) is 5.75 Å². The number of carbonyl (C=O) groups excluding carboxylic acids is 1. The molecule has 0 saturated heterocycles. The van der Waals surface area contributed by atoms with Gasteiger partial charge in [-0.1, -0.05) is 20.8 Å². The Kier molecular flexibility index (Phi) is 4.30. The van der Waals surface area contributed by atoms with Crippen molar-refractivity contribution in [2.75, 3.05) is 0 Å². The van der Waals surface area contributed by atoms with Crippen LogP contribution in [-0.4, -0.2) is 14.1 Å². The van der Waals surface area contributed by atoms with Crippen molar-refractivity contribution in [1.82, 2.24) is 0 Å². The number of ketones is 1. The van der Waals surface area contributed by atoms with Crippen molar-refractivity contribution >= 4 is 14.1 Å². The van der Waals surface area contributed by atoms with Crippen LogP contribution in [0.25, 0.3) is 0 Å². The molecule has 0 atom stereocenters. The number of aryl methyl sites for hydroxylation is 2. The van der Waals surface area contributed by atoms with E-state index in [0.29, 0.717) is 0 Å². The summed E-state index contributed by atoms with van der Waals surface area (Å²) in [7, 11) is -1.82. The molecule has 0 radical (unpaired) electrons. The molecule has 3 heteroatoms. The lowest BCUT2D eigenvalue weighted by Crippen LogP contribution is -2.43. The summed E-state index contributed by atoms with van der Waals surface area (Å²) >= 11 is 0. The fourth-order valence-electron chi connectivity index (χ4n) is 1.99. The number of rotatable bonds is 3. The highest BCUT2D eigenvalue weighted by Crippen LogP contribution is 2.38. The summed E-state index contributed by atoms with van der Waals surface area (Å²) in [5, 5.41) is 0.175. The van der Waals surface area contributed by atoms with E-state index in [1.807, 2.05) is 26.0 Å². The predicted molar refractivity (Wildman–Crippen MR) is 83.7 cm³/mol. The third-order valence-corrected chi connectivity index (χ3v) is 8.40. The molecule has 0 spiro atoms. The number of hydrogen-bond donors (Lipinski definition) is 0. The molecule has 0 unspecified atom stereocenters. The molecule has 0 N–H and O–H groups in total. The second kappa shape index (κ2) is 5.12. The SMILES string of the molecule is CC(=O)c1c(C)cc(O[Si](C)(C)C(C)(C)C)cc1C. The lowest BCUT2D eigenvalue weighted by Gasteiger charge is -2.36. The Morgan fingerprint density at radius 2 is 1.53 bits per heavy atom. The molecule has 106 valence electrons. The van der Waals surface area contributed by atoms with E-state index in [2.05, 4.69) is 33.9 Å².